The number of nitrogens with zero attached hydrogens (tertiary/aromatic N) is 1. The van der Waals surface area contributed by atoms with Crippen molar-refractivity contribution in [3.05, 3.63) is 33.4 Å². The number of aryl methyl sites for hydroxylation is 1. The van der Waals surface area contributed by atoms with Gasteiger partial charge in [0.1, 0.15) is 5.75 Å². The number of nitro benzene ring substituents is 1. The first-order chi connectivity index (χ1) is 9.02. The number of hydrogen-bond acceptors (Lipinski definition) is 5. The number of nitro groups is 1. The first-order valence-corrected chi connectivity index (χ1v) is 6.32. The van der Waals surface area contributed by atoms with Crippen molar-refractivity contribution in [1.82, 2.24) is 0 Å². The van der Waals surface area contributed by atoms with Crippen LogP contribution in [0.2, 0.25) is 0 Å². The van der Waals surface area contributed by atoms with E-state index in [9.17, 15) is 15.2 Å². The molecular weight excluding hydrogens is 284 g/mol. The third kappa shape index (κ3) is 3.20. The molecule has 3 N–H and O–H groups in total. The Bertz CT molecular complexity index is 490. The molecule has 1 heterocycles. The lowest BCUT2D eigenvalue weighted by molar-refractivity contribution is -0.385. The highest BCUT2D eigenvalue weighted by molar-refractivity contribution is 5.85. The van der Waals surface area contributed by atoms with Gasteiger partial charge in [0.2, 0.25) is 0 Å². The maximum atomic E-state index is 11.1. The normalized spacial score (nSPS) is 17.3. The second-order valence-corrected chi connectivity index (χ2v) is 4.90. The molecule has 1 aliphatic rings. The molecule has 2 rings (SSSR count). The summed E-state index contributed by atoms with van der Waals surface area (Å²) in [7, 11) is 0. The van der Waals surface area contributed by atoms with Crippen LogP contribution in [0, 0.1) is 23.0 Å². The Balaban J connectivity index is 0.00000200. The van der Waals surface area contributed by atoms with E-state index < -0.39 is 11.0 Å². The zero-order chi connectivity index (χ0) is 14.0. The predicted molar refractivity (Wildman–Crippen MR) is 77.2 cm³/mol. The van der Waals surface area contributed by atoms with Gasteiger partial charge < -0.3 is 15.6 Å². The summed E-state index contributed by atoms with van der Waals surface area (Å²) in [6, 6.07) is 2.40. The third-order valence-electron chi connectivity index (χ3n) is 3.70. The largest absolute Gasteiger partial charge is 0.507 e. The minimum Gasteiger partial charge on any atom is -0.507 e. The molecule has 1 aromatic rings. The Morgan fingerprint density at radius 3 is 2.60 bits per heavy atom. The van der Waals surface area contributed by atoms with E-state index >= 15 is 0 Å². The highest BCUT2D eigenvalue weighted by Gasteiger charge is 2.31. The summed E-state index contributed by atoms with van der Waals surface area (Å²) < 4.78 is 5.27. The van der Waals surface area contributed by atoms with Gasteiger partial charge in [-0.15, -0.1) is 12.4 Å². The number of nitrogens with two attached hydrogens (primary N) is 1. The standard InChI is InChI=1S/C13H18N2O4.ClH/c1-8-2-3-10(15(17)18)11(13(8)16)12(14)9-4-6-19-7-5-9;/h2-3,9,12,16H,4-7,14H2,1H3;1H/t12-;/m0./s1. The Kier molecular flexibility index (Phi) is 5.74. The fraction of sp³-hybridized carbons (Fsp3) is 0.538. The molecule has 1 atom stereocenters. The van der Waals surface area contributed by atoms with Gasteiger partial charge in [-0.05, 0) is 37.3 Å². The molecule has 20 heavy (non-hydrogen) atoms. The lowest BCUT2D eigenvalue weighted by Crippen LogP contribution is -2.28. The molecule has 1 aliphatic heterocycles. The SMILES string of the molecule is Cc1ccc([N+](=O)[O-])c([C@@H](N)C2CCOCC2)c1O.Cl. The molecule has 0 bridgehead atoms. The van der Waals surface area contributed by atoms with Crippen LogP contribution in [0.15, 0.2) is 12.1 Å². The van der Waals surface area contributed by atoms with Crippen molar-refractivity contribution in [2.75, 3.05) is 13.2 Å². The van der Waals surface area contributed by atoms with Gasteiger partial charge in [-0.1, -0.05) is 0 Å². The lowest BCUT2D eigenvalue weighted by Gasteiger charge is -2.28. The Morgan fingerprint density at radius 2 is 2.05 bits per heavy atom. The van der Waals surface area contributed by atoms with Crippen molar-refractivity contribution in [3.8, 4) is 5.75 Å². The quantitative estimate of drug-likeness (QED) is 0.660. The number of ether oxygens (including phenoxy) is 1. The number of halogens is 1. The van der Waals surface area contributed by atoms with Crippen LogP contribution >= 0.6 is 12.4 Å². The van der Waals surface area contributed by atoms with Crippen LogP contribution in [0.3, 0.4) is 0 Å². The zero-order valence-corrected chi connectivity index (χ0v) is 12.1. The molecule has 1 saturated heterocycles. The first kappa shape index (κ1) is 16.7. The molecule has 0 saturated carbocycles. The summed E-state index contributed by atoms with van der Waals surface area (Å²) in [5.41, 5.74) is 6.90. The average molecular weight is 303 g/mol. The van der Waals surface area contributed by atoms with Crippen LogP contribution in [0.1, 0.15) is 30.0 Å². The number of phenols is 1. The number of rotatable bonds is 3. The van der Waals surface area contributed by atoms with Crippen LogP contribution in [0.4, 0.5) is 5.69 Å². The minimum atomic E-state index is -0.538. The summed E-state index contributed by atoms with van der Waals surface area (Å²) in [5.74, 6) is 0.0355. The predicted octanol–water partition coefficient (Wildman–Crippen LogP) is 2.46. The second kappa shape index (κ2) is 6.88. The summed E-state index contributed by atoms with van der Waals surface area (Å²) >= 11 is 0. The molecule has 1 fully saturated rings. The van der Waals surface area contributed by atoms with E-state index in [0.717, 1.165) is 12.8 Å². The van der Waals surface area contributed by atoms with E-state index in [1.165, 1.54) is 12.1 Å². The second-order valence-electron chi connectivity index (χ2n) is 4.90. The van der Waals surface area contributed by atoms with Crippen LogP contribution in [-0.4, -0.2) is 23.2 Å². The number of hydrogen-bond donors (Lipinski definition) is 2. The van der Waals surface area contributed by atoms with Gasteiger partial charge in [0.15, 0.2) is 0 Å². The molecule has 0 spiro atoms. The van der Waals surface area contributed by atoms with Crippen molar-refractivity contribution in [2.24, 2.45) is 11.7 Å². The summed E-state index contributed by atoms with van der Waals surface area (Å²) in [6.07, 6.45) is 1.51. The van der Waals surface area contributed by atoms with E-state index in [0.29, 0.717) is 18.8 Å². The van der Waals surface area contributed by atoms with E-state index in [1.807, 2.05) is 0 Å². The Morgan fingerprint density at radius 1 is 1.45 bits per heavy atom. The fourth-order valence-electron chi connectivity index (χ4n) is 2.50. The fourth-order valence-corrected chi connectivity index (χ4v) is 2.50. The molecular formula is C13H19ClN2O4. The highest BCUT2D eigenvalue weighted by atomic mass is 35.5. The van der Waals surface area contributed by atoms with Crippen molar-refractivity contribution in [2.45, 2.75) is 25.8 Å². The number of benzene rings is 1. The van der Waals surface area contributed by atoms with E-state index in [1.54, 1.807) is 6.92 Å². The van der Waals surface area contributed by atoms with E-state index in [-0.39, 0.29) is 35.3 Å². The first-order valence-electron chi connectivity index (χ1n) is 6.32. The minimum absolute atomic E-state index is 0. The molecule has 1 aromatic carbocycles. The van der Waals surface area contributed by atoms with Crippen molar-refractivity contribution in [3.63, 3.8) is 0 Å². The lowest BCUT2D eigenvalue weighted by atomic mass is 9.86. The van der Waals surface area contributed by atoms with Crippen LogP contribution in [0.25, 0.3) is 0 Å². The van der Waals surface area contributed by atoms with Crippen molar-refractivity contribution >= 4 is 18.1 Å². The number of aromatic hydroxyl groups is 1. The van der Waals surface area contributed by atoms with Crippen LogP contribution in [-0.2, 0) is 4.74 Å². The smallest absolute Gasteiger partial charge is 0.277 e. The summed E-state index contributed by atoms with van der Waals surface area (Å²) in [4.78, 5) is 10.6. The Hall–Kier alpha value is -1.37. The third-order valence-corrected chi connectivity index (χ3v) is 3.70. The van der Waals surface area contributed by atoms with Gasteiger partial charge in [-0.25, -0.2) is 0 Å². The molecule has 0 radical (unpaired) electrons. The molecule has 0 unspecified atom stereocenters. The van der Waals surface area contributed by atoms with Gasteiger partial charge in [0, 0.05) is 25.3 Å². The summed E-state index contributed by atoms with van der Waals surface area (Å²) in [6.45, 7) is 2.93. The van der Waals surface area contributed by atoms with Crippen LogP contribution in [0.5, 0.6) is 5.75 Å². The van der Waals surface area contributed by atoms with E-state index in [4.69, 9.17) is 10.5 Å². The molecule has 0 aliphatic carbocycles. The zero-order valence-electron chi connectivity index (χ0n) is 11.2. The van der Waals surface area contributed by atoms with Crippen LogP contribution < -0.4 is 5.73 Å². The Labute approximate surface area is 123 Å². The monoisotopic (exact) mass is 302 g/mol. The van der Waals surface area contributed by atoms with Gasteiger partial charge in [-0.3, -0.25) is 10.1 Å². The number of phenolic OH excluding ortho intramolecular Hbond substituents is 1. The van der Waals surface area contributed by atoms with E-state index in [2.05, 4.69) is 0 Å². The molecule has 7 heteroatoms. The molecule has 112 valence electrons. The van der Waals surface area contributed by atoms with Crippen molar-refractivity contribution in [1.29, 1.82) is 0 Å². The molecule has 6 nitrogen and oxygen atoms in total. The topological polar surface area (TPSA) is 98.6 Å². The van der Waals surface area contributed by atoms with Crippen molar-refractivity contribution < 1.29 is 14.8 Å². The summed E-state index contributed by atoms with van der Waals surface area (Å²) in [5, 5.41) is 21.2. The maximum absolute atomic E-state index is 11.1. The average Bonchev–Trinajstić information content (AvgIpc) is 2.41. The van der Waals surface area contributed by atoms with Gasteiger partial charge in [-0.2, -0.15) is 0 Å². The maximum Gasteiger partial charge on any atom is 0.277 e. The molecule has 0 aromatic heterocycles. The van der Waals surface area contributed by atoms with Gasteiger partial charge in [0.05, 0.1) is 10.5 Å². The van der Waals surface area contributed by atoms with Gasteiger partial charge in [0.25, 0.3) is 5.69 Å². The highest BCUT2D eigenvalue weighted by Crippen LogP contribution is 2.40. The molecule has 0 amide bonds. The van der Waals surface area contributed by atoms with Gasteiger partial charge >= 0.3 is 0 Å².